The smallest absolute Gasteiger partial charge is 0.404 e. The van der Waals surface area contributed by atoms with E-state index in [0.29, 0.717) is 5.92 Å². The van der Waals surface area contributed by atoms with Gasteiger partial charge in [0.25, 0.3) is 0 Å². The van der Waals surface area contributed by atoms with Crippen molar-refractivity contribution >= 4 is 6.09 Å². The second-order valence-electron chi connectivity index (χ2n) is 4.16. The van der Waals surface area contributed by atoms with Gasteiger partial charge in [-0.25, -0.2) is 4.79 Å². The Kier molecular flexibility index (Phi) is 4.20. The van der Waals surface area contributed by atoms with E-state index in [1.165, 1.54) is 0 Å². The van der Waals surface area contributed by atoms with Crippen molar-refractivity contribution in [1.82, 2.24) is 0 Å². The minimum atomic E-state index is -0.677. The van der Waals surface area contributed by atoms with E-state index in [4.69, 9.17) is 10.5 Å². The molecule has 4 heteroatoms. The maximum atomic E-state index is 10.5. The highest BCUT2D eigenvalue weighted by Gasteiger charge is 2.23. The van der Waals surface area contributed by atoms with E-state index < -0.39 is 6.09 Å². The molecule has 0 aromatic rings. The average Bonchev–Trinajstić information content (AvgIpc) is 2.06. The molecule has 1 amide bonds. The number of hydrogen-bond donors (Lipinski definition) is 2. The van der Waals surface area contributed by atoms with E-state index in [9.17, 15) is 9.90 Å². The van der Waals surface area contributed by atoms with E-state index in [2.05, 4.69) is 0 Å². The van der Waals surface area contributed by atoms with Crippen molar-refractivity contribution in [2.75, 3.05) is 0 Å². The molecule has 1 fully saturated rings. The van der Waals surface area contributed by atoms with Crippen LogP contribution >= 0.6 is 0 Å². The van der Waals surface area contributed by atoms with Gasteiger partial charge >= 0.3 is 6.09 Å². The molecule has 0 heterocycles. The van der Waals surface area contributed by atoms with Crippen LogP contribution in [0.5, 0.6) is 0 Å². The summed E-state index contributed by atoms with van der Waals surface area (Å²) in [5.41, 5.74) is 4.94. The van der Waals surface area contributed by atoms with Gasteiger partial charge in [0.2, 0.25) is 0 Å². The quantitative estimate of drug-likeness (QED) is 0.725. The van der Waals surface area contributed by atoms with Gasteiger partial charge in [-0.1, -0.05) is 0 Å². The maximum Gasteiger partial charge on any atom is 0.404 e. The number of nitrogens with two attached hydrogens (primary N) is 1. The average molecular weight is 201 g/mol. The normalized spacial score (nSPS) is 29.6. The zero-order valence-electron chi connectivity index (χ0n) is 8.61. The third kappa shape index (κ3) is 3.96. The molecule has 0 radical (unpaired) electrons. The lowest BCUT2D eigenvalue weighted by Crippen LogP contribution is -2.28. The third-order valence-electron chi connectivity index (χ3n) is 2.75. The Hall–Kier alpha value is -0.770. The van der Waals surface area contributed by atoms with Crippen LogP contribution in [0.2, 0.25) is 0 Å². The van der Waals surface area contributed by atoms with E-state index in [1.54, 1.807) is 0 Å². The van der Waals surface area contributed by atoms with E-state index >= 15 is 0 Å². The SMILES string of the molecule is CC(O)CC1CCC(OC(N)=O)CC1. The second-order valence-corrected chi connectivity index (χ2v) is 4.16. The van der Waals surface area contributed by atoms with Gasteiger partial charge in [0.1, 0.15) is 6.10 Å². The summed E-state index contributed by atoms with van der Waals surface area (Å²) in [6.45, 7) is 1.81. The van der Waals surface area contributed by atoms with Crippen molar-refractivity contribution in [2.24, 2.45) is 11.7 Å². The molecule has 0 bridgehead atoms. The molecule has 4 nitrogen and oxygen atoms in total. The van der Waals surface area contributed by atoms with Gasteiger partial charge in [0.05, 0.1) is 6.10 Å². The number of aliphatic hydroxyl groups excluding tert-OH is 1. The van der Waals surface area contributed by atoms with Crippen molar-refractivity contribution in [3.05, 3.63) is 0 Å². The molecule has 1 unspecified atom stereocenters. The highest BCUT2D eigenvalue weighted by atomic mass is 16.6. The minimum Gasteiger partial charge on any atom is -0.446 e. The molecule has 14 heavy (non-hydrogen) atoms. The fraction of sp³-hybridized carbons (Fsp3) is 0.900. The summed E-state index contributed by atoms with van der Waals surface area (Å²) >= 11 is 0. The second kappa shape index (κ2) is 5.20. The largest absolute Gasteiger partial charge is 0.446 e. The standard InChI is InChI=1S/C10H19NO3/c1-7(12)6-8-2-4-9(5-3-8)14-10(11)13/h7-9,12H,2-6H2,1H3,(H2,11,13). The summed E-state index contributed by atoms with van der Waals surface area (Å²) in [5, 5.41) is 9.21. The van der Waals surface area contributed by atoms with Gasteiger partial charge in [0, 0.05) is 0 Å². The molecule has 0 aromatic heterocycles. The summed E-state index contributed by atoms with van der Waals surface area (Å²) < 4.78 is 4.92. The third-order valence-corrected chi connectivity index (χ3v) is 2.75. The lowest BCUT2D eigenvalue weighted by Gasteiger charge is -2.28. The lowest BCUT2D eigenvalue weighted by molar-refractivity contribution is 0.0602. The highest BCUT2D eigenvalue weighted by molar-refractivity contribution is 5.64. The Balaban J connectivity index is 2.21. The van der Waals surface area contributed by atoms with E-state index in [-0.39, 0.29) is 12.2 Å². The molecule has 1 saturated carbocycles. The van der Waals surface area contributed by atoms with Crippen molar-refractivity contribution < 1.29 is 14.6 Å². The topological polar surface area (TPSA) is 72.6 Å². The minimum absolute atomic E-state index is 0.00208. The van der Waals surface area contributed by atoms with Crippen LogP contribution < -0.4 is 5.73 Å². The van der Waals surface area contributed by atoms with Crippen LogP contribution in [0.25, 0.3) is 0 Å². The van der Waals surface area contributed by atoms with Crippen molar-refractivity contribution in [2.45, 2.75) is 51.2 Å². The van der Waals surface area contributed by atoms with Crippen LogP contribution in [-0.4, -0.2) is 23.4 Å². The molecule has 0 spiro atoms. The van der Waals surface area contributed by atoms with Crippen LogP contribution in [0.15, 0.2) is 0 Å². The van der Waals surface area contributed by atoms with Crippen LogP contribution in [0, 0.1) is 5.92 Å². The number of rotatable bonds is 3. The highest BCUT2D eigenvalue weighted by Crippen LogP contribution is 2.29. The van der Waals surface area contributed by atoms with Gasteiger partial charge in [-0.2, -0.15) is 0 Å². The number of primary amides is 1. The number of carbonyl (C=O) groups is 1. The Bertz CT molecular complexity index is 186. The fourth-order valence-corrected chi connectivity index (χ4v) is 2.13. The molecule has 0 saturated heterocycles. The zero-order chi connectivity index (χ0) is 10.6. The first-order chi connectivity index (χ1) is 6.58. The van der Waals surface area contributed by atoms with Crippen LogP contribution in [-0.2, 0) is 4.74 Å². The Morgan fingerprint density at radius 1 is 1.50 bits per heavy atom. The molecular weight excluding hydrogens is 182 g/mol. The molecular formula is C10H19NO3. The molecule has 1 aliphatic carbocycles. The monoisotopic (exact) mass is 201 g/mol. The Morgan fingerprint density at radius 2 is 2.07 bits per heavy atom. The van der Waals surface area contributed by atoms with Crippen LogP contribution in [0.4, 0.5) is 4.79 Å². The summed E-state index contributed by atoms with van der Waals surface area (Å²) in [4.78, 5) is 10.5. The van der Waals surface area contributed by atoms with Gasteiger partial charge < -0.3 is 15.6 Å². The Morgan fingerprint density at radius 3 is 2.50 bits per heavy atom. The van der Waals surface area contributed by atoms with Crippen LogP contribution in [0.1, 0.15) is 39.0 Å². The lowest BCUT2D eigenvalue weighted by atomic mass is 9.84. The predicted molar refractivity (Wildman–Crippen MR) is 52.7 cm³/mol. The van der Waals surface area contributed by atoms with Crippen molar-refractivity contribution in [3.8, 4) is 0 Å². The molecule has 0 aliphatic heterocycles. The molecule has 1 rings (SSSR count). The van der Waals surface area contributed by atoms with Crippen molar-refractivity contribution in [3.63, 3.8) is 0 Å². The number of aliphatic hydroxyl groups is 1. The number of carbonyl (C=O) groups excluding carboxylic acids is 1. The molecule has 82 valence electrons. The van der Waals surface area contributed by atoms with Gasteiger partial charge in [-0.15, -0.1) is 0 Å². The summed E-state index contributed by atoms with van der Waals surface area (Å²) in [6, 6.07) is 0. The molecule has 3 N–H and O–H groups in total. The summed E-state index contributed by atoms with van der Waals surface area (Å²) in [6.07, 6.45) is 3.73. The molecule has 1 atom stereocenters. The van der Waals surface area contributed by atoms with Gasteiger partial charge in [0.15, 0.2) is 0 Å². The first kappa shape index (κ1) is 11.3. The summed E-state index contributed by atoms with van der Waals surface area (Å²) in [7, 11) is 0. The predicted octanol–water partition coefficient (Wildman–Crippen LogP) is 1.41. The summed E-state index contributed by atoms with van der Waals surface area (Å²) in [5.74, 6) is 0.572. The first-order valence-corrected chi connectivity index (χ1v) is 5.22. The van der Waals surface area contributed by atoms with Gasteiger partial charge in [-0.05, 0) is 44.9 Å². The molecule has 1 aliphatic rings. The number of amides is 1. The van der Waals surface area contributed by atoms with E-state index in [1.807, 2.05) is 6.92 Å². The van der Waals surface area contributed by atoms with Crippen LogP contribution in [0.3, 0.4) is 0 Å². The van der Waals surface area contributed by atoms with Crippen molar-refractivity contribution in [1.29, 1.82) is 0 Å². The van der Waals surface area contributed by atoms with Gasteiger partial charge in [-0.3, -0.25) is 0 Å². The Labute approximate surface area is 84.4 Å². The zero-order valence-corrected chi connectivity index (χ0v) is 8.61. The maximum absolute atomic E-state index is 10.5. The van der Waals surface area contributed by atoms with E-state index in [0.717, 1.165) is 32.1 Å². The number of hydrogen-bond acceptors (Lipinski definition) is 3. The fourth-order valence-electron chi connectivity index (χ4n) is 2.13. The molecule has 0 aromatic carbocycles. The first-order valence-electron chi connectivity index (χ1n) is 5.22. The number of ether oxygens (including phenoxy) is 1.